The van der Waals surface area contributed by atoms with Crippen LogP contribution < -0.4 is 5.32 Å². The average molecular weight is 331 g/mol. The highest BCUT2D eigenvalue weighted by Crippen LogP contribution is 2.18. The van der Waals surface area contributed by atoms with E-state index in [9.17, 15) is 4.79 Å². The van der Waals surface area contributed by atoms with Gasteiger partial charge in [0.2, 0.25) is 5.91 Å². The number of piperidine rings is 1. The zero-order chi connectivity index (χ0) is 17.1. The quantitative estimate of drug-likeness (QED) is 0.900. The van der Waals surface area contributed by atoms with E-state index < -0.39 is 0 Å². The second-order valence-corrected chi connectivity index (χ2v) is 6.52. The van der Waals surface area contributed by atoms with Crippen LogP contribution in [-0.4, -0.2) is 44.6 Å². The van der Waals surface area contributed by atoms with Gasteiger partial charge in [0.05, 0.1) is 5.69 Å². The molecule has 0 aliphatic carbocycles. The molecule has 0 atom stereocenters. The van der Waals surface area contributed by atoms with Crippen LogP contribution in [0.2, 0.25) is 0 Å². The van der Waals surface area contributed by atoms with Crippen molar-refractivity contribution in [3.8, 4) is 0 Å². The van der Waals surface area contributed by atoms with E-state index >= 15 is 0 Å². The monoisotopic (exact) mass is 331 g/mol. The SMILES string of the molecule is Cc1noc(C)c1CN1CCC(NC(=O)Cn2ccnc2C)CC1. The Morgan fingerprint density at radius 1 is 1.33 bits per heavy atom. The van der Waals surface area contributed by atoms with Gasteiger partial charge in [0, 0.05) is 43.6 Å². The van der Waals surface area contributed by atoms with Gasteiger partial charge in [-0.15, -0.1) is 0 Å². The summed E-state index contributed by atoms with van der Waals surface area (Å²) in [5, 5.41) is 7.15. The van der Waals surface area contributed by atoms with Crippen LogP contribution in [-0.2, 0) is 17.9 Å². The topological polar surface area (TPSA) is 76.2 Å². The van der Waals surface area contributed by atoms with Crippen molar-refractivity contribution in [2.24, 2.45) is 0 Å². The van der Waals surface area contributed by atoms with Crippen molar-refractivity contribution in [2.75, 3.05) is 13.1 Å². The third-order valence-corrected chi connectivity index (χ3v) is 4.75. The Hall–Kier alpha value is -2.15. The minimum absolute atomic E-state index is 0.0558. The molecule has 7 heteroatoms. The molecule has 1 amide bonds. The van der Waals surface area contributed by atoms with Crippen LogP contribution in [0.15, 0.2) is 16.9 Å². The Morgan fingerprint density at radius 2 is 2.08 bits per heavy atom. The Balaban J connectivity index is 1.45. The summed E-state index contributed by atoms with van der Waals surface area (Å²) in [5.74, 6) is 1.82. The van der Waals surface area contributed by atoms with Crippen molar-refractivity contribution in [3.05, 3.63) is 35.2 Å². The van der Waals surface area contributed by atoms with E-state index in [1.165, 1.54) is 5.56 Å². The molecule has 1 saturated heterocycles. The van der Waals surface area contributed by atoms with Gasteiger partial charge in [0.15, 0.2) is 0 Å². The lowest BCUT2D eigenvalue weighted by Gasteiger charge is -2.32. The molecule has 2 aromatic heterocycles. The lowest BCUT2D eigenvalue weighted by Crippen LogP contribution is -2.45. The average Bonchev–Trinajstić information content (AvgIpc) is 3.09. The van der Waals surface area contributed by atoms with Crippen molar-refractivity contribution in [3.63, 3.8) is 0 Å². The maximum absolute atomic E-state index is 12.2. The molecule has 1 N–H and O–H groups in total. The molecule has 1 aliphatic heterocycles. The zero-order valence-electron chi connectivity index (χ0n) is 14.6. The van der Waals surface area contributed by atoms with Gasteiger partial charge in [0.1, 0.15) is 18.1 Å². The number of rotatable bonds is 5. The number of carbonyl (C=O) groups is 1. The highest BCUT2D eigenvalue weighted by Gasteiger charge is 2.22. The number of likely N-dealkylation sites (tertiary alicyclic amines) is 1. The summed E-state index contributed by atoms with van der Waals surface area (Å²) in [5.41, 5.74) is 2.16. The van der Waals surface area contributed by atoms with Gasteiger partial charge in [-0.1, -0.05) is 5.16 Å². The molecule has 3 heterocycles. The van der Waals surface area contributed by atoms with Gasteiger partial charge in [-0.3, -0.25) is 9.69 Å². The van der Waals surface area contributed by atoms with Crippen molar-refractivity contribution in [1.29, 1.82) is 0 Å². The second kappa shape index (κ2) is 7.17. The maximum Gasteiger partial charge on any atom is 0.240 e. The normalized spacial score (nSPS) is 16.5. The molecule has 0 unspecified atom stereocenters. The molecule has 0 aromatic carbocycles. The summed E-state index contributed by atoms with van der Waals surface area (Å²) in [6.07, 6.45) is 5.49. The van der Waals surface area contributed by atoms with Gasteiger partial charge in [-0.05, 0) is 33.6 Å². The van der Waals surface area contributed by atoms with Crippen molar-refractivity contribution < 1.29 is 9.32 Å². The van der Waals surface area contributed by atoms with Gasteiger partial charge in [-0.2, -0.15) is 0 Å². The second-order valence-electron chi connectivity index (χ2n) is 6.52. The van der Waals surface area contributed by atoms with E-state index in [1.54, 1.807) is 6.20 Å². The smallest absolute Gasteiger partial charge is 0.240 e. The fraction of sp³-hybridized carbons (Fsp3) is 0.588. The minimum Gasteiger partial charge on any atom is -0.361 e. The predicted octanol–water partition coefficient (Wildman–Crippen LogP) is 1.58. The van der Waals surface area contributed by atoms with Crippen molar-refractivity contribution >= 4 is 5.91 Å². The number of aromatic nitrogens is 3. The summed E-state index contributed by atoms with van der Waals surface area (Å²) in [6, 6.07) is 0.252. The Bertz CT molecular complexity index is 678. The van der Waals surface area contributed by atoms with Gasteiger partial charge in [0.25, 0.3) is 0 Å². The first-order valence-electron chi connectivity index (χ1n) is 8.44. The molecule has 2 aromatic rings. The fourth-order valence-electron chi connectivity index (χ4n) is 3.19. The van der Waals surface area contributed by atoms with Crippen LogP contribution in [0.25, 0.3) is 0 Å². The number of hydrogen-bond acceptors (Lipinski definition) is 5. The van der Waals surface area contributed by atoms with E-state index in [0.29, 0.717) is 6.54 Å². The van der Waals surface area contributed by atoms with E-state index in [-0.39, 0.29) is 11.9 Å². The van der Waals surface area contributed by atoms with E-state index in [2.05, 4.69) is 20.4 Å². The summed E-state index contributed by atoms with van der Waals surface area (Å²) < 4.78 is 7.09. The molecule has 1 fully saturated rings. The number of aryl methyl sites for hydroxylation is 3. The third kappa shape index (κ3) is 3.84. The van der Waals surface area contributed by atoms with Crippen LogP contribution in [0.1, 0.15) is 35.7 Å². The first-order chi connectivity index (χ1) is 11.5. The highest BCUT2D eigenvalue weighted by atomic mass is 16.5. The maximum atomic E-state index is 12.2. The number of nitrogens with one attached hydrogen (secondary N) is 1. The number of amides is 1. The Labute approximate surface area is 142 Å². The van der Waals surface area contributed by atoms with Crippen molar-refractivity contribution in [1.82, 2.24) is 24.9 Å². The molecule has 0 saturated carbocycles. The molecular weight excluding hydrogens is 306 g/mol. The van der Waals surface area contributed by atoms with Crippen LogP contribution >= 0.6 is 0 Å². The van der Waals surface area contributed by atoms with Crippen LogP contribution in [0.5, 0.6) is 0 Å². The van der Waals surface area contributed by atoms with Crippen LogP contribution in [0.4, 0.5) is 0 Å². The van der Waals surface area contributed by atoms with Gasteiger partial charge < -0.3 is 14.4 Å². The summed E-state index contributed by atoms with van der Waals surface area (Å²) in [6.45, 7) is 9.00. The Kier molecular flexibility index (Phi) is 4.99. The lowest BCUT2D eigenvalue weighted by atomic mass is 10.0. The minimum atomic E-state index is 0.0558. The van der Waals surface area contributed by atoms with Gasteiger partial charge in [-0.25, -0.2) is 4.98 Å². The highest BCUT2D eigenvalue weighted by molar-refractivity contribution is 5.76. The number of hydrogen-bond donors (Lipinski definition) is 1. The van der Waals surface area contributed by atoms with Crippen LogP contribution in [0, 0.1) is 20.8 Å². The molecule has 7 nitrogen and oxygen atoms in total. The predicted molar refractivity (Wildman–Crippen MR) is 89.4 cm³/mol. The summed E-state index contributed by atoms with van der Waals surface area (Å²) >= 11 is 0. The van der Waals surface area contributed by atoms with E-state index in [0.717, 1.165) is 49.8 Å². The third-order valence-electron chi connectivity index (χ3n) is 4.75. The molecule has 130 valence electrons. The summed E-state index contributed by atoms with van der Waals surface area (Å²) in [7, 11) is 0. The Morgan fingerprint density at radius 3 is 2.67 bits per heavy atom. The fourth-order valence-corrected chi connectivity index (χ4v) is 3.19. The molecular formula is C17H25N5O2. The molecule has 0 bridgehead atoms. The molecule has 0 radical (unpaired) electrons. The molecule has 1 aliphatic rings. The number of nitrogens with zero attached hydrogens (tertiary/aromatic N) is 4. The standard InChI is InChI=1S/C17H25N5O2/c1-12-16(13(2)24-20-12)10-21-7-4-15(5-8-21)19-17(23)11-22-9-6-18-14(22)3/h6,9,15H,4-5,7-8,10-11H2,1-3H3,(H,19,23). The lowest BCUT2D eigenvalue weighted by molar-refractivity contribution is -0.122. The first-order valence-corrected chi connectivity index (χ1v) is 8.44. The molecule has 24 heavy (non-hydrogen) atoms. The number of carbonyl (C=O) groups excluding carboxylic acids is 1. The number of imidazole rings is 1. The van der Waals surface area contributed by atoms with Gasteiger partial charge >= 0.3 is 0 Å². The van der Waals surface area contributed by atoms with E-state index in [1.807, 2.05) is 31.5 Å². The van der Waals surface area contributed by atoms with Crippen LogP contribution in [0.3, 0.4) is 0 Å². The summed E-state index contributed by atoms with van der Waals surface area (Å²) in [4.78, 5) is 18.7. The largest absolute Gasteiger partial charge is 0.361 e. The zero-order valence-corrected chi connectivity index (χ0v) is 14.6. The van der Waals surface area contributed by atoms with Crippen molar-refractivity contribution in [2.45, 2.75) is 52.7 Å². The first kappa shape index (κ1) is 16.7. The molecule has 3 rings (SSSR count). The molecule has 0 spiro atoms. The van der Waals surface area contributed by atoms with E-state index in [4.69, 9.17) is 4.52 Å².